The molecule has 0 saturated carbocycles. The van der Waals surface area contributed by atoms with E-state index in [1.54, 1.807) is 35.3 Å². The van der Waals surface area contributed by atoms with Crippen molar-refractivity contribution < 1.29 is 4.39 Å². The van der Waals surface area contributed by atoms with Gasteiger partial charge in [-0.25, -0.2) is 19.0 Å². The van der Waals surface area contributed by atoms with Gasteiger partial charge in [0.1, 0.15) is 18.0 Å². The molecule has 156 valence electrons. The second kappa shape index (κ2) is 8.22. The number of piperidine rings is 1. The molecule has 0 unspecified atom stereocenters. The van der Waals surface area contributed by atoms with E-state index in [0.29, 0.717) is 12.5 Å². The maximum absolute atomic E-state index is 13.8. The molecule has 8 heteroatoms. The van der Waals surface area contributed by atoms with Crippen molar-refractivity contribution in [3.8, 4) is 11.3 Å². The van der Waals surface area contributed by atoms with Crippen LogP contribution in [0.2, 0.25) is 0 Å². The molecule has 0 atom stereocenters. The second-order valence-corrected chi connectivity index (χ2v) is 7.76. The molecule has 0 amide bonds. The molecule has 1 aliphatic heterocycles. The highest BCUT2D eigenvalue weighted by atomic mass is 19.1. The van der Waals surface area contributed by atoms with Crippen molar-refractivity contribution >= 4 is 16.7 Å². The Morgan fingerprint density at radius 1 is 1.00 bits per heavy atom. The monoisotopic (exact) mass is 416 g/mol. The molecule has 0 bridgehead atoms. The van der Waals surface area contributed by atoms with E-state index in [2.05, 4.69) is 25.0 Å². The maximum atomic E-state index is 13.8. The van der Waals surface area contributed by atoms with E-state index in [0.717, 1.165) is 53.9 Å². The number of pyridine rings is 1. The Morgan fingerprint density at radius 2 is 1.81 bits per heavy atom. The third kappa shape index (κ3) is 4.01. The predicted octanol–water partition coefficient (Wildman–Crippen LogP) is 3.30. The lowest BCUT2D eigenvalue weighted by atomic mass is 9.96. The molecular formula is C23H21FN6O. The Bertz CT molecular complexity index is 1270. The van der Waals surface area contributed by atoms with Crippen LogP contribution in [0.3, 0.4) is 0 Å². The molecule has 1 saturated heterocycles. The summed E-state index contributed by atoms with van der Waals surface area (Å²) in [6.07, 6.45) is 6.74. The molecule has 1 aromatic carbocycles. The molecule has 1 fully saturated rings. The first-order valence-corrected chi connectivity index (χ1v) is 10.3. The van der Waals surface area contributed by atoms with Crippen molar-refractivity contribution in [1.29, 1.82) is 0 Å². The van der Waals surface area contributed by atoms with Crippen molar-refractivity contribution in [1.82, 2.24) is 24.7 Å². The quantitative estimate of drug-likeness (QED) is 0.508. The number of halogens is 1. The number of nitrogens with zero attached hydrogens (tertiary/aromatic N) is 6. The molecule has 3 aromatic heterocycles. The summed E-state index contributed by atoms with van der Waals surface area (Å²) in [6.45, 7) is 2.14. The zero-order chi connectivity index (χ0) is 21.2. The molecule has 0 N–H and O–H groups in total. The number of benzene rings is 1. The van der Waals surface area contributed by atoms with Gasteiger partial charge in [-0.2, -0.15) is 5.10 Å². The Kier molecular flexibility index (Phi) is 5.11. The average Bonchev–Trinajstić information content (AvgIpc) is 2.81. The van der Waals surface area contributed by atoms with Crippen molar-refractivity contribution in [3.05, 3.63) is 77.4 Å². The highest BCUT2D eigenvalue weighted by molar-refractivity contribution is 5.89. The van der Waals surface area contributed by atoms with E-state index in [9.17, 15) is 9.18 Å². The lowest BCUT2D eigenvalue weighted by Gasteiger charge is -2.33. The number of rotatable bonds is 4. The fourth-order valence-electron chi connectivity index (χ4n) is 4.10. The van der Waals surface area contributed by atoms with Gasteiger partial charge in [-0.3, -0.25) is 9.78 Å². The zero-order valence-electron chi connectivity index (χ0n) is 16.9. The molecule has 7 nitrogen and oxygen atoms in total. The van der Waals surface area contributed by atoms with Crippen molar-refractivity contribution in [3.63, 3.8) is 0 Å². The van der Waals surface area contributed by atoms with Crippen LogP contribution in [0.15, 0.2) is 66.0 Å². The van der Waals surface area contributed by atoms with Gasteiger partial charge in [-0.15, -0.1) is 0 Å². The van der Waals surface area contributed by atoms with Crippen LogP contribution in [0.4, 0.5) is 10.2 Å². The Labute approximate surface area is 178 Å². The van der Waals surface area contributed by atoms with E-state index in [-0.39, 0.29) is 11.4 Å². The van der Waals surface area contributed by atoms with Crippen LogP contribution in [0.25, 0.3) is 22.2 Å². The second-order valence-electron chi connectivity index (χ2n) is 7.76. The van der Waals surface area contributed by atoms with E-state index in [1.165, 1.54) is 18.5 Å². The van der Waals surface area contributed by atoms with Crippen LogP contribution in [0.5, 0.6) is 0 Å². The van der Waals surface area contributed by atoms with E-state index < -0.39 is 0 Å². The summed E-state index contributed by atoms with van der Waals surface area (Å²) >= 11 is 0. The van der Waals surface area contributed by atoms with Crippen LogP contribution in [0, 0.1) is 11.7 Å². The van der Waals surface area contributed by atoms with Crippen LogP contribution in [-0.4, -0.2) is 37.8 Å². The first kappa shape index (κ1) is 19.3. The highest BCUT2D eigenvalue weighted by Gasteiger charge is 2.23. The standard InChI is InChI=1S/C23H21FN6O/c24-18-1-2-21-19(13-18)23(27-15-26-21)29-11-7-16(8-12-29)14-30-22(31)4-3-20(28-30)17-5-9-25-10-6-17/h1-6,9-10,13,15-16H,7-8,11-12,14H2. The Morgan fingerprint density at radius 3 is 2.61 bits per heavy atom. The Balaban J connectivity index is 1.31. The SMILES string of the molecule is O=c1ccc(-c2ccncc2)nn1CC1CCN(c2ncnc3ccc(F)cc23)CC1. The molecule has 1 aliphatic rings. The normalized spacial score (nSPS) is 14.8. The van der Waals surface area contributed by atoms with Crippen molar-refractivity contribution in [2.75, 3.05) is 18.0 Å². The lowest BCUT2D eigenvalue weighted by Crippen LogP contribution is -2.37. The number of hydrogen-bond acceptors (Lipinski definition) is 6. The molecule has 5 rings (SSSR count). The lowest BCUT2D eigenvalue weighted by molar-refractivity contribution is 0.335. The summed E-state index contributed by atoms with van der Waals surface area (Å²) in [5.41, 5.74) is 2.32. The molecule has 4 aromatic rings. The molecule has 0 spiro atoms. The minimum atomic E-state index is -0.294. The summed E-state index contributed by atoms with van der Waals surface area (Å²) in [7, 11) is 0. The maximum Gasteiger partial charge on any atom is 0.266 e. The van der Waals surface area contributed by atoms with Crippen LogP contribution in [0.1, 0.15) is 12.8 Å². The fraction of sp³-hybridized carbons (Fsp3) is 0.261. The summed E-state index contributed by atoms with van der Waals surface area (Å²) in [6, 6.07) is 11.7. The zero-order valence-corrected chi connectivity index (χ0v) is 16.9. The third-order valence-electron chi connectivity index (χ3n) is 5.76. The number of hydrogen-bond donors (Lipinski definition) is 0. The first-order chi connectivity index (χ1) is 15.2. The van der Waals surface area contributed by atoms with Gasteiger partial charge in [0.05, 0.1) is 11.2 Å². The molecule has 31 heavy (non-hydrogen) atoms. The Hall–Kier alpha value is -3.68. The van der Waals surface area contributed by atoms with Gasteiger partial charge in [-0.1, -0.05) is 0 Å². The molecular weight excluding hydrogens is 395 g/mol. The topological polar surface area (TPSA) is 76.8 Å². The predicted molar refractivity (Wildman–Crippen MR) is 116 cm³/mol. The fourth-order valence-corrected chi connectivity index (χ4v) is 4.10. The third-order valence-corrected chi connectivity index (χ3v) is 5.76. The number of aromatic nitrogens is 5. The van der Waals surface area contributed by atoms with Crippen molar-refractivity contribution in [2.45, 2.75) is 19.4 Å². The van der Waals surface area contributed by atoms with E-state index >= 15 is 0 Å². The van der Waals surface area contributed by atoms with E-state index in [1.807, 2.05) is 12.1 Å². The number of fused-ring (bicyclic) bond motifs is 1. The van der Waals surface area contributed by atoms with E-state index in [4.69, 9.17) is 0 Å². The molecule has 0 aliphatic carbocycles. The van der Waals surface area contributed by atoms with Gasteiger partial charge in [0.25, 0.3) is 5.56 Å². The minimum Gasteiger partial charge on any atom is -0.356 e. The first-order valence-electron chi connectivity index (χ1n) is 10.3. The highest BCUT2D eigenvalue weighted by Crippen LogP contribution is 2.28. The van der Waals surface area contributed by atoms with Gasteiger partial charge < -0.3 is 4.90 Å². The minimum absolute atomic E-state index is 0.0995. The van der Waals surface area contributed by atoms with Gasteiger partial charge >= 0.3 is 0 Å². The smallest absolute Gasteiger partial charge is 0.266 e. The number of anilines is 1. The summed E-state index contributed by atoms with van der Waals surface area (Å²) in [5, 5.41) is 5.29. The van der Waals surface area contributed by atoms with Gasteiger partial charge in [-0.05, 0) is 55.2 Å². The van der Waals surface area contributed by atoms with Gasteiger partial charge in [0, 0.05) is 49.0 Å². The van der Waals surface area contributed by atoms with Crippen LogP contribution < -0.4 is 10.5 Å². The molecule has 0 radical (unpaired) electrons. The summed E-state index contributed by atoms with van der Waals surface area (Å²) in [4.78, 5) is 27.2. The van der Waals surface area contributed by atoms with Crippen molar-refractivity contribution in [2.24, 2.45) is 5.92 Å². The van der Waals surface area contributed by atoms with Crippen LogP contribution in [-0.2, 0) is 6.54 Å². The van der Waals surface area contributed by atoms with Gasteiger partial charge in [0.2, 0.25) is 0 Å². The molecule has 4 heterocycles. The van der Waals surface area contributed by atoms with Gasteiger partial charge in [0.15, 0.2) is 0 Å². The van der Waals surface area contributed by atoms with Crippen LogP contribution >= 0.6 is 0 Å². The largest absolute Gasteiger partial charge is 0.356 e. The summed E-state index contributed by atoms with van der Waals surface area (Å²) < 4.78 is 15.3. The summed E-state index contributed by atoms with van der Waals surface area (Å²) in [5.74, 6) is 0.801. The average molecular weight is 416 g/mol.